The lowest BCUT2D eigenvalue weighted by atomic mass is 10.2. The first-order valence-electron chi connectivity index (χ1n) is 6.86. The van der Waals surface area contributed by atoms with Gasteiger partial charge in [-0.25, -0.2) is 8.42 Å². The molecule has 0 atom stereocenters. The van der Waals surface area contributed by atoms with Crippen molar-refractivity contribution < 1.29 is 17.9 Å². The molecule has 1 fully saturated rings. The Labute approximate surface area is 125 Å². The van der Waals surface area contributed by atoms with Crippen LogP contribution in [0.25, 0.3) is 0 Å². The number of benzene rings is 1. The van der Waals surface area contributed by atoms with Gasteiger partial charge < -0.3 is 15.0 Å². The number of rotatable bonds is 5. The monoisotopic (exact) mass is 312 g/mol. The van der Waals surface area contributed by atoms with Gasteiger partial charge in [-0.05, 0) is 24.3 Å². The lowest BCUT2D eigenvalue weighted by Gasteiger charge is -2.27. The SMILES string of the molecule is COCCS(=O)(=O)c1ccc(C(=O)N2CCNCC2)cc1. The fourth-order valence-electron chi connectivity index (χ4n) is 2.17. The Morgan fingerprint density at radius 2 is 1.86 bits per heavy atom. The Hall–Kier alpha value is -1.44. The van der Waals surface area contributed by atoms with Crippen molar-refractivity contribution in [2.75, 3.05) is 45.6 Å². The van der Waals surface area contributed by atoms with Gasteiger partial charge in [0.25, 0.3) is 5.91 Å². The van der Waals surface area contributed by atoms with Gasteiger partial charge in [0.1, 0.15) is 0 Å². The summed E-state index contributed by atoms with van der Waals surface area (Å²) in [5, 5.41) is 3.18. The maximum absolute atomic E-state index is 12.3. The lowest BCUT2D eigenvalue weighted by molar-refractivity contribution is 0.0735. The smallest absolute Gasteiger partial charge is 0.253 e. The molecule has 1 saturated heterocycles. The van der Waals surface area contributed by atoms with Crippen molar-refractivity contribution in [1.29, 1.82) is 0 Å². The first kappa shape index (κ1) is 15.9. The molecule has 0 bridgehead atoms. The zero-order valence-corrected chi connectivity index (χ0v) is 12.9. The predicted octanol–water partition coefficient (Wildman–Crippen LogP) is 0.152. The number of carbonyl (C=O) groups excluding carboxylic acids is 1. The molecule has 0 radical (unpaired) electrons. The molecule has 1 aliphatic heterocycles. The fourth-order valence-corrected chi connectivity index (χ4v) is 3.34. The van der Waals surface area contributed by atoms with E-state index in [0.29, 0.717) is 18.7 Å². The number of nitrogens with zero attached hydrogens (tertiary/aromatic N) is 1. The average molecular weight is 312 g/mol. The number of hydrogen-bond donors (Lipinski definition) is 1. The molecule has 116 valence electrons. The lowest BCUT2D eigenvalue weighted by Crippen LogP contribution is -2.46. The van der Waals surface area contributed by atoms with Crippen LogP contribution >= 0.6 is 0 Å². The topological polar surface area (TPSA) is 75.7 Å². The molecule has 1 heterocycles. The third kappa shape index (κ3) is 4.03. The van der Waals surface area contributed by atoms with E-state index >= 15 is 0 Å². The highest BCUT2D eigenvalue weighted by atomic mass is 32.2. The van der Waals surface area contributed by atoms with Crippen molar-refractivity contribution >= 4 is 15.7 Å². The van der Waals surface area contributed by atoms with Crippen LogP contribution in [0.2, 0.25) is 0 Å². The Balaban J connectivity index is 2.09. The molecule has 7 heteroatoms. The molecule has 1 aromatic rings. The fraction of sp³-hybridized carbons (Fsp3) is 0.500. The molecule has 1 amide bonds. The van der Waals surface area contributed by atoms with E-state index in [0.717, 1.165) is 13.1 Å². The van der Waals surface area contributed by atoms with Gasteiger partial charge in [0.05, 0.1) is 17.3 Å². The van der Waals surface area contributed by atoms with Gasteiger partial charge in [-0.2, -0.15) is 0 Å². The number of hydrogen-bond acceptors (Lipinski definition) is 5. The van der Waals surface area contributed by atoms with Crippen molar-refractivity contribution in [2.45, 2.75) is 4.90 Å². The molecule has 0 saturated carbocycles. The minimum atomic E-state index is -3.35. The van der Waals surface area contributed by atoms with Crippen LogP contribution < -0.4 is 5.32 Å². The number of piperazine rings is 1. The number of ether oxygens (including phenoxy) is 1. The van der Waals surface area contributed by atoms with Gasteiger partial charge in [0.2, 0.25) is 0 Å². The molecule has 0 unspecified atom stereocenters. The van der Waals surface area contributed by atoms with Gasteiger partial charge in [-0.3, -0.25) is 4.79 Å². The van der Waals surface area contributed by atoms with Gasteiger partial charge >= 0.3 is 0 Å². The zero-order valence-electron chi connectivity index (χ0n) is 12.0. The van der Waals surface area contributed by atoms with Crippen LogP contribution in [0.1, 0.15) is 10.4 Å². The number of nitrogens with one attached hydrogen (secondary N) is 1. The van der Waals surface area contributed by atoms with E-state index in [4.69, 9.17) is 4.74 Å². The zero-order chi connectivity index (χ0) is 15.3. The van der Waals surface area contributed by atoms with Crippen molar-refractivity contribution in [1.82, 2.24) is 10.2 Å². The predicted molar refractivity (Wildman–Crippen MR) is 79.1 cm³/mol. The van der Waals surface area contributed by atoms with Gasteiger partial charge in [0.15, 0.2) is 9.84 Å². The molecule has 2 rings (SSSR count). The van der Waals surface area contributed by atoms with Crippen molar-refractivity contribution in [3.63, 3.8) is 0 Å². The quantitative estimate of drug-likeness (QED) is 0.838. The van der Waals surface area contributed by atoms with E-state index in [1.54, 1.807) is 17.0 Å². The van der Waals surface area contributed by atoms with Crippen LogP contribution in [0.4, 0.5) is 0 Å². The van der Waals surface area contributed by atoms with Gasteiger partial charge in [-0.1, -0.05) is 0 Å². The van der Waals surface area contributed by atoms with Crippen molar-refractivity contribution in [2.24, 2.45) is 0 Å². The third-order valence-corrected chi connectivity index (χ3v) is 5.12. The molecule has 0 aromatic heterocycles. The highest BCUT2D eigenvalue weighted by molar-refractivity contribution is 7.91. The van der Waals surface area contributed by atoms with E-state index in [1.807, 2.05) is 0 Å². The summed E-state index contributed by atoms with van der Waals surface area (Å²) in [6.07, 6.45) is 0. The summed E-state index contributed by atoms with van der Waals surface area (Å²) in [5.74, 6) is -0.119. The Bertz CT molecular complexity index is 577. The Morgan fingerprint density at radius 1 is 1.24 bits per heavy atom. The maximum atomic E-state index is 12.3. The Morgan fingerprint density at radius 3 is 2.43 bits per heavy atom. The van der Waals surface area contributed by atoms with Crippen molar-refractivity contribution in [3.05, 3.63) is 29.8 Å². The third-order valence-electron chi connectivity index (χ3n) is 3.42. The molecular weight excluding hydrogens is 292 g/mol. The molecule has 1 aromatic carbocycles. The van der Waals surface area contributed by atoms with Crippen molar-refractivity contribution in [3.8, 4) is 0 Å². The summed E-state index contributed by atoms with van der Waals surface area (Å²) in [4.78, 5) is 14.2. The number of carbonyl (C=O) groups is 1. The number of amides is 1. The summed E-state index contributed by atoms with van der Waals surface area (Å²) in [5.41, 5.74) is 0.516. The second kappa shape index (κ2) is 7.02. The second-order valence-electron chi connectivity index (χ2n) is 4.88. The van der Waals surface area contributed by atoms with Crippen LogP contribution in [0, 0.1) is 0 Å². The molecule has 0 spiro atoms. The largest absolute Gasteiger partial charge is 0.384 e. The summed E-state index contributed by atoms with van der Waals surface area (Å²) in [7, 11) is -1.89. The van der Waals surface area contributed by atoms with Crippen LogP contribution in [0.15, 0.2) is 29.2 Å². The first-order chi connectivity index (χ1) is 10.0. The maximum Gasteiger partial charge on any atom is 0.253 e. The van der Waals surface area contributed by atoms with Gasteiger partial charge in [-0.15, -0.1) is 0 Å². The molecule has 6 nitrogen and oxygen atoms in total. The minimum Gasteiger partial charge on any atom is -0.384 e. The highest BCUT2D eigenvalue weighted by Gasteiger charge is 2.19. The molecule has 0 aliphatic carbocycles. The summed E-state index contributed by atoms with van der Waals surface area (Å²) >= 11 is 0. The molecule has 1 aliphatic rings. The minimum absolute atomic E-state index is 0.0580. The molecule has 21 heavy (non-hydrogen) atoms. The number of sulfone groups is 1. The van der Waals surface area contributed by atoms with Crippen LogP contribution in [-0.2, 0) is 14.6 Å². The second-order valence-corrected chi connectivity index (χ2v) is 6.99. The van der Waals surface area contributed by atoms with Crippen LogP contribution in [0.5, 0.6) is 0 Å². The van der Waals surface area contributed by atoms with Crippen LogP contribution in [-0.4, -0.2) is 64.9 Å². The van der Waals surface area contributed by atoms with E-state index < -0.39 is 9.84 Å². The highest BCUT2D eigenvalue weighted by Crippen LogP contribution is 2.14. The first-order valence-corrected chi connectivity index (χ1v) is 8.51. The Kier molecular flexibility index (Phi) is 5.33. The average Bonchev–Trinajstić information content (AvgIpc) is 2.53. The normalized spacial score (nSPS) is 16.0. The standard InChI is InChI=1S/C14H20N2O4S/c1-20-10-11-21(18,19)13-4-2-12(3-5-13)14(17)16-8-6-15-7-9-16/h2-5,15H,6-11H2,1H3. The van der Waals surface area contributed by atoms with Gasteiger partial charge in [0, 0.05) is 38.9 Å². The molecular formula is C14H20N2O4S. The van der Waals surface area contributed by atoms with E-state index in [9.17, 15) is 13.2 Å². The number of methoxy groups -OCH3 is 1. The van der Waals surface area contributed by atoms with E-state index in [2.05, 4.69) is 5.32 Å². The van der Waals surface area contributed by atoms with E-state index in [1.165, 1.54) is 19.2 Å². The summed E-state index contributed by atoms with van der Waals surface area (Å²) in [6.45, 7) is 3.08. The summed E-state index contributed by atoms with van der Waals surface area (Å²) < 4.78 is 28.8. The van der Waals surface area contributed by atoms with E-state index in [-0.39, 0.29) is 23.2 Å². The molecule has 1 N–H and O–H groups in total. The van der Waals surface area contributed by atoms with Crippen LogP contribution in [0.3, 0.4) is 0 Å². The summed E-state index contributed by atoms with van der Waals surface area (Å²) in [6, 6.07) is 6.12.